The third-order valence-electron chi connectivity index (χ3n) is 14.0. The summed E-state index contributed by atoms with van der Waals surface area (Å²) in [5, 5.41) is 12.4. The molecule has 0 aliphatic rings. The SMILES string of the molecule is c1ccc2c(c1)oc1c(-c3ccc(-n4c5ccccc5c5cc(-c6ccc7c(c6)c6ccccc6n7-c6cc7c8ccccc8n8c9ccccc9c(c6)c78)ccc54)cc3)cccc12. The highest BCUT2D eigenvalue weighted by atomic mass is 16.3. The van der Waals surface area contributed by atoms with Crippen LogP contribution in [0.25, 0.3) is 137 Å². The van der Waals surface area contributed by atoms with Gasteiger partial charge in [0.05, 0.1) is 38.6 Å². The van der Waals surface area contributed by atoms with E-state index in [1.54, 1.807) is 0 Å². The molecular formula is C60H35N3O. The number of nitrogens with zero attached hydrogens (tertiary/aromatic N) is 3. The molecule has 15 rings (SSSR count). The smallest absolute Gasteiger partial charge is 0.143 e. The van der Waals surface area contributed by atoms with E-state index in [1.165, 1.54) is 98.5 Å². The second-order valence-electron chi connectivity index (χ2n) is 17.3. The standard InChI is InChI=1S/C60H35N3O/c1-6-19-52-42(12-1)48-32-37(26-30-56(48)61(52)39-28-24-36(25-29-39)41-17-11-18-47-46-16-5-10-23-58(46)64-60(41)47)38-27-31-57-49(33-38)43-13-2-7-20-53(43)62(57)40-34-50-44-14-3-8-21-54(44)63-55-22-9-4-15-45(55)51(35-40)59(50)63/h1-35H. The molecule has 0 radical (unpaired) electrons. The van der Waals surface area contributed by atoms with Crippen LogP contribution in [0.15, 0.2) is 217 Å². The first-order valence-corrected chi connectivity index (χ1v) is 22.0. The molecule has 0 N–H and O–H groups in total. The fourth-order valence-electron chi connectivity index (χ4n) is 11.2. The number of benzene rings is 10. The Morgan fingerprint density at radius 2 is 0.734 bits per heavy atom. The lowest BCUT2D eigenvalue weighted by Crippen LogP contribution is -1.94. The van der Waals surface area contributed by atoms with Crippen LogP contribution in [0.5, 0.6) is 0 Å². The zero-order valence-corrected chi connectivity index (χ0v) is 34.5. The van der Waals surface area contributed by atoms with Gasteiger partial charge in [-0.05, 0) is 95.6 Å². The molecule has 4 nitrogen and oxygen atoms in total. The molecule has 4 heteroatoms. The minimum atomic E-state index is 0.914. The molecule has 296 valence electrons. The van der Waals surface area contributed by atoms with Gasteiger partial charge in [0.2, 0.25) is 0 Å². The topological polar surface area (TPSA) is 27.4 Å². The molecule has 0 bridgehead atoms. The van der Waals surface area contributed by atoms with Gasteiger partial charge < -0.3 is 18.0 Å². The van der Waals surface area contributed by atoms with E-state index in [-0.39, 0.29) is 0 Å². The van der Waals surface area contributed by atoms with Gasteiger partial charge in [0, 0.05) is 70.8 Å². The predicted octanol–water partition coefficient (Wildman–Crippen LogP) is 16.3. The van der Waals surface area contributed by atoms with Gasteiger partial charge in [-0.1, -0.05) is 133 Å². The van der Waals surface area contributed by atoms with Crippen molar-refractivity contribution in [2.75, 3.05) is 0 Å². The summed E-state index contributed by atoms with van der Waals surface area (Å²) in [5.74, 6) is 0. The van der Waals surface area contributed by atoms with Crippen molar-refractivity contribution in [2.45, 2.75) is 0 Å². The maximum absolute atomic E-state index is 6.41. The molecule has 0 saturated carbocycles. The van der Waals surface area contributed by atoms with Gasteiger partial charge in [-0.3, -0.25) is 0 Å². The molecule has 0 spiro atoms. The summed E-state index contributed by atoms with van der Waals surface area (Å²) >= 11 is 0. The van der Waals surface area contributed by atoms with Gasteiger partial charge in [0.15, 0.2) is 0 Å². The molecule has 0 saturated heterocycles. The number of fused-ring (bicyclic) bond motifs is 15. The Labute approximate surface area is 366 Å². The lowest BCUT2D eigenvalue weighted by atomic mass is 10.0. The first-order chi connectivity index (χ1) is 31.7. The number of aromatic nitrogens is 3. The van der Waals surface area contributed by atoms with Crippen molar-refractivity contribution in [1.29, 1.82) is 0 Å². The molecule has 0 unspecified atom stereocenters. The third kappa shape index (κ3) is 4.51. The van der Waals surface area contributed by atoms with Crippen molar-refractivity contribution < 1.29 is 4.42 Å². The summed E-state index contributed by atoms with van der Waals surface area (Å²) in [6.07, 6.45) is 0. The van der Waals surface area contributed by atoms with Gasteiger partial charge in [0.25, 0.3) is 0 Å². The molecular weight excluding hydrogens is 779 g/mol. The Kier molecular flexibility index (Phi) is 6.65. The second kappa shape index (κ2) is 12.5. The molecule has 5 aromatic heterocycles. The fraction of sp³-hybridized carbons (Fsp3) is 0. The average Bonchev–Trinajstić information content (AvgIpc) is 4.16. The van der Waals surface area contributed by atoms with Crippen molar-refractivity contribution in [2.24, 2.45) is 0 Å². The van der Waals surface area contributed by atoms with Crippen molar-refractivity contribution in [3.8, 4) is 33.6 Å². The molecule has 10 aromatic carbocycles. The number of furan rings is 1. The summed E-state index contributed by atoms with van der Waals surface area (Å²) in [4.78, 5) is 0. The van der Waals surface area contributed by atoms with Crippen LogP contribution >= 0.6 is 0 Å². The molecule has 0 aliphatic heterocycles. The highest BCUT2D eigenvalue weighted by Gasteiger charge is 2.21. The summed E-state index contributed by atoms with van der Waals surface area (Å²) < 4.78 is 13.7. The van der Waals surface area contributed by atoms with Gasteiger partial charge in [-0.25, -0.2) is 0 Å². The van der Waals surface area contributed by atoms with E-state index in [0.717, 1.165) is 38.8 Å². The zero-order chi connectivity index (χ0) is 41.6. The highest BCUT2D eigenvalue weighted by Crippen LogP contribution is 2.44. The van der Waals surface area contributed by atoms with E-state index in [1.807, 2.05) is 12.1 Å². The highest BCUT2D eigenvalue weighted by molar-refractivity contribution is 6.24. The molecule has 0 atom stereocenters. The Bertz CT molecular complexity index is 4340. The van der Waals surface area contributed by atoms with Crippen LogP contribution in [0.1, 0.15) is 0 Å². The van der Waals surface area contributed by atoms with Crippen molar-refractivity contribution in [3.63, 3.8) is 0 Å². The number of hydrogen-bond acceptors (Lipinski definition) is 1. The number of rotatable bonds is 4. The van der Waals surface area contributed by atoms with E-state index in [9.17, 15) is 0 Å². The van der Waals surface area contributed by atoms with E-state index < -0.39 is 0 Å². The zero-order valence-electron chi connectivity index (χ0n) is 34.5. The molecule has 0 amide bonds. The largest absolute Gasteiger partial charge is 0.455 e. The van der Waals surface area contributed by atoms with Crippen LogP contribution in [0.2, 0.25) is 0 Å². The van der Waals surface area contributed by atoms with Gasteiger partial charge in [-0.15, -0.1) is 0 Å². The van der Waals surface area contributed by atoms with Crippen LogP contribution < -0.4 is 0 Å². The van der Waals surface area contributed by atoms with Crippen molar-refractivity contribution >= 4 is 104 Å². The first kappa shape index (κ1) is 34.0. The van der Waals surface area contributed by atoms with E-state index in [2.05, 4.69) is 214 Å². The minimum Gasteiger partial charge on any atom is -0.455 e. The summed E-state index contributed by atoms with van der Waals surface area (Å²) in [6, 6.07) is 77.7. The number of hydrogen-bond donors (Lipinski definition) is 0. The Hall–Kier alpha value is -8.60. The summed E-state index contributed by atoms with van der Waals surface area (Å²) in [5.41, 5.74) is 17.3. The minimum absolute atomic E-state index is 0.914. The van der Waals surface area contributed by atoms with Crippen molar-refractivity contribution in [1.82, 2.24) is 13.5 Å². The van der Waals surface area contributed by atoms with E-state index in [4.69, 9.17) is 4.42 Å². The molecule has 5 heterocycles. The van der Waals surface area contributed by atoms with E-state index >= 15 is 0 Å². The fourth-order valence-corrected chi connectivity index (χ4v) is 11.2. The maximum atomic E-state index is 6.41. The third-order valence-corrected chi connectivity index (χ3v) is 14.0. The number of para-hydroxylation sites is 6. The lowest BCUT2D eigenvalue weighted by Gasteiger charge is -2.11. The Balaban J connectivity index is 0.870. The van der Waals surface area contributed by atoms with Crippen molar-refractivity contribution in [3.05, 3.63) is 212 Å². The molecule has 0 aliphatic carbocycles. The quantitative estimate of drug-likeness (QED) is 0.174. The Morgan fingerprint density at radius 3 is 1.33 bits per heavy atom. The predicted molar refractivity (Wildman–Crippen MR) is 268 cm³/mol. The van der Waals surface area contributed by atoms with Gasteiger partial charge in [-0.2, -0.15) is 0 Å². The maximum Gasteiger partial charge on any atom is 0.143 e. The van der Waals surface area contributed by atoms with Crippen LogP contribution in [0.4, 0.5) is 0 Å². The van der Waals surface area contributed by atoms with E-state index in [0.29, 0.717) is 0 Å². The van der Waals surface area contributed by atoms with Crippen LogP contribution in [-0.2, 0) is 0 Å². The lowest BCUT2D eigenvalue weighted by molar-refractivity contribution is 0.670. The summed E-state index contributed by atoms with van der Waals surface area (Å²) in [7, 11) is 0. The Morgan fingerprint density at radius 1 is 0.281 bits per heavy atom. The molecule has 15 aromatic rings. The monoisotopic (exact) mass is 813 g/mol. The summed E-state index contributed by atoms with van der Waals surface area (Å²) in [6.45, 7) is 0. The van der Waals surface area contributed by atoms with Gasteiger partial charge >= 0.3 is 0 Å². The normalized spacial score (nSPS) is 12.4. The first-order valence-electron chi connectivity index (χ1n) is 22.0. The average molecular weight is 814 g/mol. The second-order valence-corrected chi connectivity index (χ2v) is 17.3. The van der Waals surface area contributed by atoms with Crippen LogP contribution in [-0.4, -0.2) is 13.5 Å². The van der Waals surface area contributed by atoms with Gasteiger partial charge in [0.1, 0.15) is 11.2 Å². The molecule has 64 heavy (non-hydrogen) atoms. The molecule has 0 fully saturated rings. The van der Waals surface area contributed by atoms with Crippen LogP contribution in [0.3, 0.4) is 0 Å². The van der Waals surface area contributed by atoms with Crippen LogP contribution in [0, 0.1) is 0 Å².